The van der Waals surface area contributed by atoms with Crippen LogP contribution in [-0.2, 0) is 4.74 Å². The van der Waals surface area contributed by atoms with Crippen molar-refractivity contribution in [1.82, 2.24) is 0 Å². The largest absolute Gasteiger partial charge is 0.393 e. The molecular formula is C7H9NO. The molecule has 0 saturated heterocycles. The molecule has 0 aliphatic heterocycles. The van der Waals surface area contributed by atoms with Crippen molar-refractivity contribution < 1.29 is 4.74 Å². The molecule has 0 heterocycles. The Morgan fingerprint density at radius 1 is 1.56 bits per heavy atom. The molecule has 0 bridgehead atoms. The number of rotatable bonds is 1. The minimum absolute atomic E-state index is 0.887. The summed E-state index contributed by atoms with van der Waals surface area (Å²) >= 11 is 0. The van der Waals surface area contributed by atoms with Crippen LogP contribution in [0.3, 0.4) is 0 Å². The van der Waals surface area contributed by atoms with Gasteiger partial charge in [0.05, 0.1) is 0 Å². The fourth-order valence-electron chi connectivity index (χ4n) is 1.06. The molecule has 1 aliphatic carbocycles. The van der Waals surface area contributed by atoms with Crippen molar-refractivity contribution in [3.63, 3.8) is 0 Å². The van der Waals surface area contributed by atoms with Crippen LogP contribution in [0.5, 0.6) is 0 Å². The quantitative estimate of drug-likeness (QED) is 0.499. The normalized spacial score (nSPS) is 17.8. The van der Waals surface area contributed by atoms with Crippen LogP contribution >= 0.6 is 0 Å². The molecule has 0 aromatic heterocycles. The molecule has 9 heavy (non-hydrogen) atoms. The van der Waals surface area contributed by atoms with Gasteiger partial charge in [-0.05, 0) is 25.3 Å². The molecule has 0 unspecified atom stereocenters. The van der Waals surface area contributed by atoms with Gasteiger partial charge in [-0.25, -0.2) is 0 Å². The molecule has 2 heteroatoms. The van der Waals surface area contributed by atoms with Gasteiger partial charge in [-0.15, -0.1) is 5.26 Å². The molecule has 0 atom stereocenters. The predicted octanol–water partition coefficient (Wildman–Crippen LogP) is 1.94. The summed E-state index contributed by atoms with van der Waals surface area (Å²) in [6.45, 7) is 2.01. The molecular weight excluding hydrogens is 114 g/mol. The van der Waals surface area contributed by atoms with Crippen LogP contribution in [0.25, 0.3) is 0 Å². The Bertz CT molecular complexity index is 176. The summed E-state index contributed by atoms with van der Waals surface area (Å²) in [7, 11) is 0. The Labute approximate surface area is 54.7 Å². The van der Waals surface area contributed by atoms with E-state index < -0.39 is 0 Å². The van der Waals surface area contributed by atoms with Gasteiger partial charge in [0, 0.05) is 6.42 Å². The molecule has 0 spiro atoms. The van der Waals surface area contributed by atoms with Crippen molar-refractivity contribution in [2.75, 3.05) is 0 Å². The molecule has 0 aromatic carbocycles. The predicted molar refractivity (Wildman–Crippen MR) is 33.2 cm³/mol. The Morgan fingerprint density at radius 3 is 2.78 bits per heavy atom. The van der Waals surface area contributed by atoms with E-state index in [1.165, 1.54) is 5.57 Å². The lowest BCUT2D eigenvalue weighted by atomic mass is 10.3. The highest BCUT2D eigenvalue weighted by Gasteiger charge is 2.11. The minimum atomic E-state index is 0.887. The average Bonchev–Trinajstić information content (AvgIpc) is 2.18. The number of ether oxygens (including phenoxy) is 1. The van der Waals surface area contributed by atoms with Gasteiger partial charge in [0.25, 0.3) is 6.26 Å². The summed E-state index contributed by atoms with van der Waals surface area (Å²) in [6, 6.07) is 0. The molecule has 0 fully saturated rings. The third kappa shape index (κ3) is 1.23. The lowest BCUT2D eigenvalue weighted by Crippen LogP contribution is -1.81. The first-order valence-corrected chi connectivity index (χ1v) is 3.09. The Hall–Kier alpha value is -0.970. The van der Waals surface area contributed by atoms with Crippen molar-refractivity contribution in [2.45, 2.75) is 26.2 Å². The molecule has 2 nitrogen and oxygen atoms in total. The molecule has 48 valence electrons. The van der Waals surface area contributed by atoms with Gasteiger partial charge in [0.2, 0.25) is 0 Å². The molecule has 0 aromatic rings. The average molecular weight is 123 g/mol. The zero-order valence-corrected chi connectivity index (χ0v) is 5.48. The second-order valence-electron chi connectivity index (χ2n) is 2.25. The summed E-state index contributed by atoms with van der Waals surface area (Å²) in [6.07, 6.45) is 4.86. The van der Waals surface area contributed by atoms with Crippen molar-refractivity contribution in [1.29, 1.82) is 5.26 Å². The van der Waals surface area contributed by atoms with E-state index in [-0.39, 0.29) is 0 Å². The van der Waals surface area contributed by atoms with E-state index in [2.05, 4.69) is 0 Å². The lowest BCUT2D eigenvalue weighted by Gasteiger charge is -1.94. The topological polar surface area (TPSA) is 33.0 Å². The molecule has 0 N–H and O–H groups in total. The van der Waals surface area contributed by atoms with E-state index in [0.29, 0.717) is 0 Å². The molecule has 1 aliphatic rings. The van der Waals surface area contributed by atoms with Crippen molar-refractivity contribution >= 4 is 0 Å². The van der Waals surface area contributed by atoms with E-state index in [4.69, 9.17) is 10.00 Å². The zero-order chi connectivity index (χ0) is 6.69. The second-order valence-corrected chi connectivity index (χ2v) is 2.25. The maximum atomic E-state index is 8.14. The van der Waals surface area contributed by atoms with Gasteiger partial charge in [-0.1, -0.05) is 0 Å². The monoisotopic (exact) mass is 123 g/mol. The Kier molecular flexibility index (Phi) is 1.74. The first kappa shape index (κ1) is 6.15. The fraction of sp³-hybridized carbons (Fsp3) is 0.571. The Balaban J connectivity index is 2.58. The van der Waals surface area contributed by atoms with Crippen LogP contribution in [0, 0.1) is 11.5 Å². The van der Waals surface area contributed by atoms with Crippen molar-refractivity contribution in [3.8, 4) is 6.26 Å². The lowest BCUT2D eigenvalue weighted by molar-refractivity contribution is 0.360. The number of allylic oxidation sites excluding steroid dienone is 2. The van der Waals surface area contributed by atoms with Crippen molar-refractivity contribution in [3.05, 3.63) is 11.3 Å². The van der Waals surface area contributed by atoms with E-state index in [1.807, 2.05) is 6.92 Å². The summed E-state index contributed by atoms with van der Waals surface area (Å²) in [5, 5.41) is 8.14. The van der Waals surface area contributed by atoms with Gasteiger partial charge in [-0.3, -0.25) is 0 Å². The number of hydrogen-bond acceptors (Lipinski definition) is 2. The van der Waals surface area contributed by atoms with Gasteiger partial charge in [0.15, 0.2) is 0 Å². The number of hydrogen-bond donors (Lipinski definition) is 0. The molecule has 1 rings (SSSR count). The smallest absolute Gasteiger partial charge is 0.291 e. The van der Waals surface area contributed by atoms with Crippen LogP contribution in [-0.4, -0.2) is 0 Å². The minimum Gasteiger partial charge on any atom is -0.393 e. The van der Waals surface area contributed by atoms with E-state index >= 15 is 0 Å². The number of nitrogens with zero attached hydrogens (tertiary/aromatic N) is 1. The summed E-state index contributed by atoms with van der Waals surface area (Å²) in [4.78, 5) is 0. The highest BCUT2D eigenvalue weighted by molar-refractivity contribution is 5.12. The van der Waals surface area contributed by atoms with Crippen molar-refractivity contribution in [2.24, 2.45) is 0 Å². The van der Waals surface area contributed by atoms with Crippen LogP contribution in [0.2, 0.25) is 0 Å². The first-order chi connectivity index (χ1) is 4.34. The van der Waals surface area contributed by atoms with Gasteiger partial charge in [0.1, 0.15) is 5.76 Å². The summed E-state index contributed by atoms with van der Waals surface area (Å²) in [5.74, 6) is 0.887. The maximum absolute atomic E-state index is 8.14. The summed E-state index contributed by atoms with van der Waals surface area (Å²) < 4.78 is 4.70. The van der Waals surface area contributed by atoms with Crippen LogP contribution in [0.15, 0.2) is 11.3 Å². The summed E-state index contributed by atoms with van der Waals surface area (Å²) in [5.41, 5.74) is 1.23. The first-order valence-electron chi connectivity index (χ1n) is 3.09. The molecule has 0 saturated carbocycles. The third-order valence-electron chi connectivity index (χ3n) is 1.60. The maximum Gasteiger partial charge on any atom is 0.291 e. The Morgan fingerprint density at radius 2 is 2.33 bits per heavy atom. The van der Waals surface area contributed by atoms with E-state index in [0.717, 1.165) is 25.0 Å². The second kappa shape index (κ2) is 2.54. The van der Waals surface area contributed by atoms with Gasteiger partial charge in [-0.2, -0.15) is 0 Å². The standard InChI is InChI=1S/C7H9NO/c1-6-3-2-4-7(6)9-5-8/h2-4H2,1H3. The highest BCUT2D eigenvalue weighted by Crippen LogP contribution is 2.25. The molecule has 0 radical (unpaired) electrons. The van der Waals surface area contributed by atoms with Crippen LogP contribution in [0.4, 0.5) is 0 Å². The van der Waals surface area contributed by atoms with Gasteiger partial charge < -0.3 is 4.74 Å². The zero-order valence-electron chi connectivity index (χ0n) is 5.48. The SMILES string of the molecule is CC1=C(OC#N)CCC1. The van der Waals surface area contributed by atoms with Gasteiger partial charge >= 0.3 is 0 Å². The number of nitriles is 1. The van der Waals surface area contributed by atoms with E-state index in [9.17, 15) is 0 Å². The third-order valence-corrected chi connectivity index (χ3v) is 1.60. The van der Waals surface area contributed by atoms with Crippen LogP contribution in [0.1, 0.15) is 26.2 Å². The van der Waals surface area contributed by atoms with Crippen LogP contribution < -0.4 is 0 Å². The van der Waals surface area contributed by atoms with E-state index in [1.54, 1.807) is 6.26 Å². The fourth-order valence-corrected chi connectivity index (χ4v) is 1.06. The highest BCUT2D eigenvalue weighted by atomic mass is 16.5. The molecule has 0 amide bonds.